The minimum Gasteiger partial charge on any atom is -0.393 e. The van der Waals surface area contributed by atoms with Crippen LogP contribution in [0, 0.1) is 17.3 Å². The maximum atomic E-state index is 12.1. The highest BCUT2D eigenvalue weighted by atomic mass is 16.3. The van der Waals surface area contributed by atoms with Gasteiger partial charge in [0.05, 0.1) is 6.10 Å². The molecule has 0 aromatic heterocycles. The molecule has 0 spiro atoms. The van der Waals surface area contributed by atoms with Crippen molar-refractivity contribution in [3.8, 4) is 0 Å². The van der Waals surface area contributed by atoms with Gasteiger partial charge in [-0.05, 0) is 31.7 Å². The molecule has 1 aliphatic heterocycles. The minimum absolute atomic E-state index is 0.112. The van der Waals surface area contributed by atoms with Gasteiger partial charge < -0.3 is 15.3 Å². The van der Waals surface area contributed by atoms with E-state index >= 15 is 0 Å². The van der Waals surface area contributed by atoms with E-state index in [1.54, 1.807) is 0 Å². The Morgan fingerprint density at radius 2 is 1.95 bits per heavy atom. The van der Waals surface area contributed by atoms with Crippen LogP contribution in [-0.4, -0.2) is 48.2 Å². The van der Waals surface area contributed by atoms with Gasteiger partial charge in [0.2, 0.25) is 5.91 Å². The third kappa shape index (κ3) is 5.41. The number of likely N-dealkylation sites (N-methyl/N-ethyl adjacent to an activating group) is 1. The van der Waals surface area contributed by atoms with Crippen LogP contribution in [-0.2, 0) is 4.79 Å². The van der Waals surface area contributed by atoms with E-state index < -0.39 is 0 Å². The van der Waals surface area contributed by atoms with E-state index in [0.29, 0.717) is 11.8 Å². The highest BCUT2D eigenvalue weighted by Gasteiger charge is 2.31. The van der Waals surface area contributed by atoms with E-state index in [-0.39, 0.29) is 23.5 Å². The van der Waals surface area contributed by atoms with Gasteiger partial charge in [-0.2, -0.15) is 0 Å². The monoisotopic (exact) mass is 284 g/mol. The highest BCUT2D eigenvalue weighted by Crippen LogP contribution is 2.24. The fourth-order valence-corrected chi connectivity index (χ4v) is 2.73. The summed E-state index contributed by atoms with van der Waals surface area (Å²) in [5.41, 5.74) is -0.344. The molecule has 1 rings (SSSR count). The van der Waals surface area contributed by atoms with Crippen LogP contribution in [0.3, 0.4) is 0 Å². The van der Waals surface area contributed by atoms with Crippen molar-refractivity contribution in [2.24, 2.45) is 17.3 Å². The first-order valence-electron chi connectivity index (χ1n) is 7.77. The molecule has 0 aromatic carbocycles. The SMILES string of the molecule is CC(C)C(O)CC1CC(NC(=O)C(C)(C)C)CN(C)C1. The van der Waals surface area contributed by atoms with E-state index in [1.807, 2.05) is 20.8 Å². The van der Waals surface area contributed by atoms with E-state index in [9.17, 15) is 9.90 Å². The van der Waals surface area contributed by atoms with Crippen molar-refractivity contribution >= 4 is 5.91 Å². The van der Waals surface area contributed by atoms with Crippen LogP contribution in [0.25, 0.3) is 0 Å². The molecular weight excluding hydrogens is 252 g/mol. The van der Waals surface area contributed by atoms with Gasteiger partial charge in [-0.25, -0.2) is 0 Å². The number of likely N-dealkylation sites (tertiary alicyclic amines) is 1. The number of rotatable bonds is 4. The van der Waals surface area contributed by atoms with Gasteiger partial charge >= 0.3 is 0 Å². The largest absolute Gasteiger partial charge is 0.393 e. The first-order chi connectivity index (χ1) is 9.09. The summed E-state index contributed by atoms with van der Waals surface area (Å²) in [4.78, 5) is 14.4. The number of nitrogens with zero attached hydrogens (tertiary/aromatic N) is 1. The van der Waals surface area contributed by atoms with E-state index in [0.717, 1.165) is 25.9 Å². The van der Waals surface area contributed by atoms with Gasteiger partial charge in [0.15, 0.2) is 0 Å². The molecule has 1 heterocycles. The molecule has 0 aromatic rings. The van der Waals surface area contributed by atoms with E-state index in [4.69, 9.17) is 0 Å². The molecule has 0 bridgehead atoms. The molecule has 3 unspecified atom stereocenters. The maximum absolute atomic E-state index is 12.1. The molecule has 3 atom stereocenters. The van der Waals surface area contributed by atoms with Gasteiger partial charge in [-0.3, -0.25) is 4.79 Å². The quantitative estimate of drug-likeness (QED) is 0.829. The molecule has 2 N–H and O–H groups in total. The lowest BCUT2D eigenvalue weighted by molar-refractivity contribution is -0.129. The number of hydrogen-bond acceptors (Lipinski definition) is 3. The topological polar surface area (TPSA) is 52.6 Å². The second kappa shape index (κ2) is 6.90. The standard InChI is InChI=1S/C16H32N2O2/c1-11(2)14(19)8-12-7-13(10-18(6)9-12)17-15(20)16(3,4)5/h11-14,19H,7-10H2,1-6H3,(H,17,20). The van der Waals surface area contributed by atoms with Crippen LogP contribution in [0.1, 0.15) is 47.5 Å². The number of piperidine rings is 1. The van der Waals surface area contributed by atoms with Crippen molar-refractivity contribution in [3.05, 3.63) is 0 Å². The van der Waals surface area contributed by atoms with Crippen LogP contribution in [0.2, 0.25) is 0 Å². The third-order valence-electron chi connectivity index (χ3n) is 4.08. The van der Waals surface area contributed by atoms with Gasteiger partial charge in [0, 0.05) is 24.5 Å². The molecule has 1 saturated heterocycles. The molecule has 1 amide bonds. The van der Waals surface area contributed by atoms with Crippen molar-refractivity contribution in [2.45, 2.75) is 59.6 Å². The Kier molecular flexibility index (Phi) is 6.02. The summed E-state index contributed by atoms with van der Waals surface area (Å²) < 4.78 is 0. The fraction of sp³-hybridized carbons (Fsp3) is 0.938. The summed E-state index contributed by atoms with van der Waals surface area (Å²) in [5.74, 6) is 0.863. The van der Waals surface area contributed by atoms with Crippen molar-refractivity contribution in [2.75, 3.05) is 20.1 Å². The first kappa shape index (κ1) is 17.4. The molecule has 20 heavy (non-hydrogen) atoms. The summed E-state index contributed by atoms with van der Waals surface area (Å²) in [6, 6.07) is 0.199. The zero-order valence-corrected chi connectivity index (χ0v) is 13.9. The van der Waals surface area contributed by atoms with Crippen molar-refractivity contribution in [1.29, 1.82) is 0 Å². The second-order valence-electron chi connectivity index (χ2n) is 7.79. The van der Waals surface area contributed by atoms with Crippen LogP contribution < -0.4 is 5.32 Å². The lowest BCUT2D eigenvalue weighted by Crippen LogP contribution is -2.52. The van der Waals surface area contributed by atoms with Crippen LogP contribution in [0.15, 0.2) is 0 Å². The first-order valence-corrected chi connectivity index (χ1v) is 7.77. The van der Waals surface area contributed by atoms with Gasteiger partial charge in [0.25, 0.3) is 0 Å². The number of aliphatic hydroxyl groups is 1. The number of carbonyl (C=O) groups excluding carboxylic acids is 1. The Bertz CT molecular complexity index is 323. The molecule has 4 heteroatoms. The average molecular weight is 284 g/mol. The summed E-state index contributed by atoms with van der Waals surface area (Å²) in [5, 5.41) is 13.2. The fourth-order valence-electron chi connectivity index (χ4n) is 2.73. The predicted molar refractivity (Wildman–Crippen MR) is 82.5 cm³/mol. The maximum Gasteiger partial charge on any atom is 0.225 e. The normalized spacial score (nSPS) is 26.6. The second-order valence-corrected chi connectivity index (χ2v) is 7.79. The third-order valence-corrected chi connectivity index (χ3v) is 4.08. The minimum atomic E-state index is -0.344. The van der Waals surface area contributed by atoms with Crippen LogP contribution in [0.4, 0.5) is 0 Å². The molecule has 0 saturated carbocycles. The lowest BCUT2D eigenvalue weighted by atomic mass is 9.86. The summed E-state index contributed by atoms with van der Waals surface area (Å²) in [6.45, 7) is 11.8. The molecule has 0 aliphatic carbocycles. The van der Waals surface area contributed by atoms with Gasteiger partial charge in [0.1, 0.15) is 0 Å². The van der Waals surface area contributed by atoms with Gasteiger partial charge in [-0.1, -0.05) is 34.6 Å². The lowest BCUT2D eigenvalue weighted by Gasteiger charge is -2.38. The van der Waals surface area contributed by atoms with Crippen molar-refractivity contribution < 1.29 is 9.90 Å². The Hall–Kier alpha value is -0.610. The van der Waals surface area contributed by atoms with Crippen LogP contribution >= 0.6 is 0 Å². The average Bonchev–Trinajstić information content (AvgIpc) is 2.26. The molecule has 1 aliphatic rings. The predicted octanol–water partition coefficient (Wildman–Crippen LogP) is 1.88. The zero-order valence-electron chi connectivity index (χ0n) is 13.9. The number of aliphatic hydroxyl groups excluding tert-OH is 1. The Labute approximate surface area is 123 Å². The number of nitrogens with one attached hydrogen (secondary N) is 1. The van der Waals surface area contributed by atoms with Crippen LogP contribution in [0.5, 0.6) is 0 Å². The van der Waals surface area contributed by atoms with Crippen molar-refractivity contribution in [1.82, 2.24) is 10.2 Å². The van der Waals surface area contributed by atoms with E-state index in [2.05, 4.69) is 31.1 Å². The summed E-state index contributed by atoms with van der Waals surface area (Å²) in [7, 11) is 2.09. The Balaban J connectivity index is 2.55. The molecular formula is C16H32N2O2. The summed E-state index contributed by atoms with van der Waals surface area (Å²) in [6.07, 6.45) is 1.55. The number of hydrogen-bond donors (Lipinski definition) is 2. The smallest absolute Gasteiger partial charge is 0.225 e. The van der Waals surface area contributed by atoms with E-state index in [1.165, 1.54) is 0 Å². The molecule has 1 fully saturated rings. The van der Waals surface area contributed by atoms with Gasteiger partial charge in [-0.15, -0.1) is 0 Å². The highest BCUT2D eigenvalue weighted by molar-refractivity contribution is 5.81. The molecule has 4 nitrogen and oxygen atoms in total. The Morgan fingerprint density at radius 3 is 2.45 bits per heavy atom. The van der Waals surface area contributed by atoms with Crippen molar-refractivity contribution in [3.63, 3.8) is 0 Å². The molecule has 118 valence electrons. The summed E-state index contributed by atoms with van der Waals surface area (Å²) >= 11 is 0. The Morgan fingerprint density at radius 1 is 1.35 bits per heavy atom. The molecule has 0 radical (unpaired) electrons. The number of amides is 1. The zero-order chi connectivity index (χ0) is 15.5. The number of carbonyl (C=O) groups is 1.